The fraction of sp³-hybridized carbons (Fsp3) is 0.0625. The van der Waals surface area contributed by atoms with Crippen molar-refractivity contribution < 1.29 is 0 Å². The van der Waals surface area contributed by atoms with Crippen molar-refractivity contribution in [3.05, 3.63) is 71.5 Å². The molecule has 1 heterocycles. The third-order valence-corrected chi connectivity index (χ3v) is 3.50. The number of nitrogens with two attached hydrogens (primary N) is 1. The second kappa shape index (κ2) is 5.49. The summed E-state index contributed by atoms with van der Waals surface area (Å²) in [5.41, 5.74) is 9.61. The smallest absolute Gasteiger partial charge is 0.0645 e. The van der Waals surface area contributed by atoms with Gasteiger partial charge in [-0.15, -0.1) is 0 Å². The molecular formula is C16H14ClN3. The number of para-hydroxylation sites is 1. The predicted octanol–water partition coefficient (Wildman–Crippen LogP) is 3.65. The Morgan fingerprint density at radius 2 is 1.90 bits per heavy atom. The zero-order valence-corrected chi connectivity index (χ0v) is 11.6. The molecule has 0 aliphatic rings. The lowest BCUT2D eigenvalue weighted by molar-refractivity contribution is 0.881. The van der Waals surface area contributed by atoms with E-state index in [1.54, 1.807) is 0 Å². The largest absolute Gasteiger partial charge is 0.326 e. The number of hydrogen-bond donors (Lipinski definition) is 1. The summed E-state index contributed by atoms with van der Waals surface area (Å²) in [5.74, 6) is 0. The van der Waals surface area contributed by atoms with Crippen molar-refractivity contribution in [2.24, 2.45) is 5.73 Å². The van der Waals surface area contributed by atoms with Gasteiger partial charge < -0.3 is 5.73 Å². The number of halogens is 1. The third-order valence-electron chi connectivity index (χ3n) is 3.18. The van der Waals surface area contributed by atoms with Crippen molar-refractivity contribution in [2.75, 3.05) is 0 Å². The molecule has 0 saturated carbocycles. The van der Waals surface area contributed by atoms with Crippen molar-refractivity contribution in [3.8, 4) is 16.8 Å². The van der Waals surface area contributed by atoms with Gasteiger partial charge in [0.2, 0.25) is 0 Å². The molecule has 3 nitrogen and oxygen atoms in total. The molecule has 4 heteroatoms. The summed E-state index contributed by atoms with van der Waals surface area (Å²) in [5, 5.41) is 5.07. The Bertz CT molecular complexity index is 720. The first-order valence-electron chi connectivity index (χ1n) is 6.37. The van der Waals surface area contributed by atoms with E-state index in [1.807, 2.05) is 65.6 Å². The van der Waals surface area contributed by atoms with E-state index in [0.29, 0.717) is 11.6 Å². The second-order valence-corrected chi connectivity index (χ2v) is 4.93. The van der Waals surface area contributed by atoms with E-state index in [2.05, 4.69) is 5.10 Å². The first-order valence-corrected chi connectivity index (χ1v) is 6.74. The van der Waals surface area contributed by atoms with Crippen LogP contribution in [0.5, 0.6) is 0 Å². The Balaban J connectivity index is 1.98. The number of benzene rings is 2. The molecule has 2 N–H and O–H groups in total. The molecule has 0 radical (unpaired) electrons. The number of aromatic nitrogens is 2. The molecule has 0 amide bonds. The minimum atomic E-state index is 0.489. The van der Waals surface area contributed by atoms with Crippen LogP contribution >= 0.6 is 11.6 Å². The highest BCUT2D eigenvalue weighted by molar-refractivity contribution is 6.33. The van der Waals surface area contributed by atoms with E-state index >= 15 is 0 Å². The average molecular weight is 284 g/mol. The standard InChI is InChI=1S/C16H14ClN3/c17-16-8-12(9-18)6-7-15(16)13-10-19-20(11-13)14-4-2-1-3-5-14/h1-8,10-11H,9,18H2. The zero-order valence-electron chi connectivity index (χ0n) is 10.8. The van der Waals surface area contributed by atoms with Crippen LogP contribution in [0.25, 0.3) is 16.8 Å². The van der Waals surface area contributed by atoms with E-state index < -0.39 is 0 Å². The first kappa shape index (κ1) is 12.9. The van der Waals surface area contributed by atoms with Gasteiger partial charge in [0.05, 0.1) is 11.9 Å². The minimum absolute atomic E-state index is 0.489. The molecule has 0 aliphatic carbocycles. The Morgan fingerprint density at radius 1 is 1.10 bits per heavy atom. The topological polar surface area (TPSA) is 43.8 Å². The van der Waals surface area contributed by atoms with Crippen molar-refractivity contribution in [3.63, 3.8) is 0 Å². The molecule has 1 aromatic heterocycles. The molecule has 100 valence electrons. The van der Waals surface area contributed by atoms with Gasteiger partial charge in [-0.3, -0.25) is 0 Å². The van der Waals surface area contributed by atoms with Crippen molar-refractivity contribution in [2.45, 2.75) is 6.54 Å². The summed E-state index contributed by atoms with van der Waals surface area (Å²) in [4.78, 5) is 0. The summed E-state index contributed by atoms with van der Waals surface area (Å²) in [7, 11) is 0. The lowest BCUT2D eigenvalue weighted by atomic mass is 10.1. The van der Waals surface area contributed by atoms with Crippen LogP contribution < -0.4 is 5.73 Å². The number of rotatable bonds is 3. The highest BCUT2D eigenvalue weighted by Crippen LogP contribution is 2.28. The highest BCUT2D eigenvalue weighted by atomic mass is 35.5. The van der Waals surface area contributed by atoms with E-state index in [9.17, 15) is 0 Å². The van der Waals surface area contributed by atoms with E-state index in [-0.39, 0.29) is 0 Å². The Morgan fingerprint density at radius 3 is 2.60 bits per heavy atom. The van der Waals surface area contributed by atoms with Gasteiger partial charge in [-0.05, 0) is 23.8 Å². The SMILES string of the molecule is NCc1ccc(-c2cnn(-c3ccccc3)c2)c(Cl)c1. The summed E-state index contributed by atoms with van der Waals surface area (Å²) in [6.07, 6.45) is 3.79. The highest BCUT2D eigenvalue weighted by Gasteiger charge is 2.07. The van der Waals surface area contributed by atoms with Crippen molar-refractivity contribution >= 4 is 11.6 Å². The van der Waals surface area contributed by atoms with Crippen LogP contribution in [-0.4, -0.2) is 9.78 Å². The molecule has 2 aromatic carbocycles. The van der Waals surface area contributed by atoms with Gasteiger partial charge in [0, 0.05) is 28.9 Å². The predicted molar refractivity (Wildman–Crippen MR) is 81.9 cm³/mol. The second-order valence-electron chi connectivity index (χ2n) is 4.53. The average Bonchev–Trinajstić information content (AvgIpc) is 2.97. The maximum absolute atomic E-state index is 6.31. The van der Waals surface area contributed by atoms with Gasteiger partial charge >= 0.3 is 0 Å². The van der Waals surface area contributed by atoms with Gasteiger partial charge in [0.25, 0.3) is 0 Å². The van der Waals surface area contributed by atoms with E-state index in [4.69, 9.17) is 17.3 Å². The minimum Gasteiger partial charge on any atom is -0.326 e. The quantitative estimate of drug-likeness (QED) is 0.797. The maximum Gasteiger partial charge on any atom is 0.0645 e. The van der Waals surface area contributed by atoms with Crippen LogP contribution in [0.3, 0.4) is 0 Å². The van der Waals surface area contributed by atoms with E-state index in [0.717, 1.165) is 22.4 Å². The molecule has 0 spiro atoms. The zero-order chi connectivity index (χ0) is 13.9. The molecule has 0 fully saturated rings. The van der Waals surface area contributed by atoms with Crippen LogP contribution in [-0.2, 0) is 6.54 Å². The third kappa shape index (κ3) is 2.46. The number of hydrogen-bond acceptors (Lipinski definition) is 2. The maximum atomic E-state index is 6.31. The van der Waals surface area contributed by atoms with Crippen LogP contribution in [0, 0.1) is 0 Å². The number of nitrogens with zero attached hydrogens (tertiary/aromatic N) is 2. The molecular weight excluding hydrogens is 270 g/mol. The van der Waals surface area contributed by atoms with Crippen molar-refractivity contribution in [1.82, 2.24) is 9.78 Å². The molecule has 0 atom stereocenters. The van der Waals surface area contributed by atoms with Gasteiger partial charge in [0.15, 0.2) is 0 Å². The fourth-order valence-corrected chi connectivity index (χ4v) is 2.42. The summed E-state index contributed by atoms with van der Waals surface area (Å²) in [6.45, 7) is 0.489. The monoisotopic (exact) mass is 283 g/mol. The van der Waals surface area contributed by atoms with Gasteiger partial charge in [-0.2, -0.15) is 5.10 Å². The first-order chi connectivity index (χ1) is 9.78. The Labute approximate surface area is 122 Å². The Kier molecular flexibility index (Phi) is 3.54. The molecule has 3 aromatic rings. The van der Waals surface area contributed by atoms with Gasteiger partial charge in [0.1, 0.15) is 0 Å². The van der Waals surface area contributed by atoms with Gasteiger partial charge in [-0.1, -0.05) is 41.9 Å². The summed E-state index contributed by atoms with van der Waals surface area (Å²) >= 11 is 6.31. The van der Waals surface area contributed by atoms with Crippen LogP contribution in [0.1, 0.15) is 5.56 Å². The molecule has 0 aliphatic heterocycles. The van der Waals surface area contributed by atoms with Crippen LogP contribution in [0.15, 0.2) is 60.9 Å². The van der Waals surface area contributed by atoms with Gasteiger partial charge in [-0.25, -0.2) is 4.68 Å². The normalized spacial score (nSPS) is 10.7. The molecule has 0 bridgehead atoms. The van der Waals surface area contributed by atoms with Crippen LogP contribution in [0.2, 0.25) is 5.02 Å². The fourth-order valence-electron chi connectivity index (χ4n) is 2.10. The van der Waals surface area contributed by atoms with Crippen molar-refractivity contribution in [1.29, 1.82) is 0 Å². The molecule has 3 rings (SSSR count). The molecule has 20 heavy (non-hydrogen) atoms. The lowest BCUT2D eigenvalue weighted by Crippen LogP contribution is -1.95. The molecule has 0 saturated heterocycles. The van der Waals surface area contributed by atoms with E-state index in [1.165, 1.54) is 0 Å². The molecule has 0 unspecified atom stereocenters. The van der Waals surface area contributed by atoms with Crippen LogP contribution in [0.4, 0.5) is 0 Å². The Hall–Kier alpha value is -2.10. The lowest BCUT2D eigenvalue weighted by Gasteiger charge is -2.04. The summed E-state index contributed by atoms with van der Waals surface area (Å²) < 4.78 is 1.84. The summed E-state index contributed by atoms with van der Waals surface area (Å²) in [6, 6.07) is 15.8.